The van der Waals surface area contributed by atoms with Gasteiger partial charge in [0.1, 0.15) is 48.8 Å². The lowest BCUT2D eigenvalue weighted by Crippen LogP contribution is -2.60. The van der Waals surface area contributed by atoms with Crippen LogP contribution in [-0.4, -0.2) is 126 Å². The molecule has 2 saturated heterocycles. The number of hydrogen-bond acceptors (Lipinski definition) is 16. The molecule has 2 aromatic rings. The van der Waals surface area contributed by atoms with Gasteiger partial charge < -0.3 is 80.4 Å². The Labute approximate surface area is 224 Å². The maximum atomic E-state index is 12.6. The van der Waals surface area contributed by atoms with Crippen molar-refractivity contribution in [3.05, 3.63) is 34.9 Å². The molecule has 2 fully saturated rings. The van der Waals surface area contributed by atoms with Crippen LogP contribution in [0.25, 0.3) is 11.4 Å². The molecule has 222 valence electrons. The lowest BCUT2D eigenvalue weighted by molar-refractivity contribution is -0.626. The zero-order valence-corrected chi connectivity index (χ0v) is 20.3. The fourth-order valence-corrected chi connectivity index (χ4v) is 4.22. The van der Waals surface area contributed by atoms with E-state index in [2.05, 4.69) is 0 Å². The molecule has 0 amide bonds. The van der Waals surface area contributed by atoms with Crippen LogP contribution in [0.3, 0.4) is 0 Å². The lowest BCUT2D eigenvalue weighted by Gasteiger charge is -2.39. The van der Waals surface area contributed by atoms with E-state index in [4.69, 9.17) is 18.9 Å². The second-order valence-corrected chi connectivity index (χ2v) is 9.04. The van der Waals surface area contributed by atoms with Crippen LogP contribution in [-0.2, 0) is 9.47 Å². The summed E-state index contributed by atoms with van der Waals surface area (Å²) in [6, 6.07) is 1.79. The first-order valence-corrected chi connectivity index (χ1v) is 11.8. The van der Waals surface area contributed by atoms with Crippen LogP contribution in [0.4, 0.5) is 0 Å². The number of rotatable bonds is 7. The molecule has 40 heavy (non-hydrogen) atoms. The Morgan fingerprint density at radius 3 is 1.30 bits per heavy atom. The third kappa shape index (κ3) is 5.24. The normalized spacial score (nSPS) is 34.4. The Bertz CT molecular complexity index is 1110. The van der Waals surface area contributed by atoms with Crippen LogP contribution in [0.15, 0.2) is 24.5 Å². The molecule has 0 unspecified atom stereocenters. The second kappa shape index (κ2) is 11.7. The topological polar surface area (TPSA) is 293 Å². The number of aromatic nitrogens is 2. The van der Waals surface area contributed by atoms with Crippen LogP contribution in [0.2, 0.25) is 0 Å². The number of aliphatic hydroxyl groups is 8. The fraction of sp³-hybridized carbons (Fsp3) is 0.545. The van der Waals surface area contributed by atoms with E-state index in [1.54, 1.807) is 0 Å². The number of aromatic hydroxyl groups is 2. The first-order chi connectivity index (χ1) is 18.9. The molecule has 18 heteroatoms. The Morgan fingerprint density at radius 1 is 0.625 bits per heavy atom. The van der Waals surface area contributed by atoms with E-state index in [1.807, 2.05) is 0 Å². The summed E-state index contributed by atoms with van der Waals surface area (Å²) < 4.78 is 21.0. The monoisotopic (exact) mass is 576 g/mol. The van der Waals surface area contributed by atoms with Gasteiger partial charge in [0.2, 0.25) is 24.1 Å². The predicted octanol–water partition coefficient (Wildman–Crippen LogP) is -5.61. The minimum Gasteiger partial charge on any atom is -0.618 e. The molecule has 4 heterocycles. The number of hydrogen-bond donors (Lipinski definition) is 10. The van der Waals surface area contributed by atoms with E-state index in [-0.39, 0.29) is 9.46 Å². The second-order valence-electron chi connectivity index (χ2n) is 9.04. The summed E-state index contributed by atoms with van der Waals surface area (Å²) in [6.45, 7) is -1.55. The highest BCUT2D eigenvalue weighted by Gasteiger charge is 2.47. The minimum absolute atomic E-state index is 0.0312. The summed E-state index contributed by atoms with van der Waals surface area (Å²) >= 11 is 0. The van der Waals surface area contributed by atoms with Crippen LogP contribution in [0.5, 0.6) is 23.0 Å². The van der Waals surface area contributed by atoms with E-state index < -0.39 is 109 Å². The van der Waals surface area contributed by atoms with E-state index >= 15 is 0 Å². The molecule has 10 atom stereocenters. The molecule has 0 aromatic carbocycles. The molecule has 10 N–H and O–H groups in total. The average molecular weight is 576 g/mol. The SMILES string of the molecule is [O-][n+]1ccc(O[C@@H]2O[C@H](CO)[C@@H](O)[C@H](O)[C@H]2O)c(O)c1-c1c(O)c(O[C@@H]2O[C@H](CO)[C@@H](O)[C@H](O)[C@H]2O)cc[n+]1[O-]. The summed E-state index contributed by atoms with van der Waals surface area (Å²) in [7, 11) is 0. The van der Waals surface area contributed by atoms with Gasteiger partial charge in [-0.1, -0.05) is 0 Å². The molecule has 0 radical (unpaired) electrons. The molecule has 2 aliphatic heterocycles. The van der Waals surface area contributed by atoms with Crippen molar-refractivity contribution >= 4 is 0 Å². The van der Waals surface area contributed by atoms with Crippen molar-refractivity contribution < 1.29 is 79.5 Å². The highest BCUT2D eigenvalue weighted by Crippen LogP contribution is 2.41. The van der Waals surface area contributed by atoms with Crippen LogP contribution < -0.4 is 18.9 Å². The number of pyridine rings is 2. The average Bonchev–Trinajstić information content (AvgIpc) is 2.93. The van der Waals surface area contributed by atoms with Crippen molar-refractivity contribution in [3.8, 4) is 34.4 Å². The van der Waals surface area contributed by atoms with Crippen molar-refractivity contribution in [1.29, 1.82) is 0 Å². The van der Waals surface area contributed by atoms with Gasteiger partial charge in [-0.25, -0.2) is 0 Å². The number of nitrogens with zero attached hydrogens (tertiary/aromatic N) is 2. The standard InChI is InChI=1S/C22H28N2O16/c25-5-9-15(29)17(31)19(33)21(39-9)37-7-1-3-23(35)11(13(7)27)12-14(28)8(2-4-24(12)36)38-22-20(34)18(32)16(30)10(6-26)40-22/h1-4,9-10,15-22,25-34H,5-6H2/t9-,10-,15-,16-,17+,18+,19-,20-,21-,22-/m1/s1. The quantitative estimate of drug-likeness (QED) is 0.108. The Hall–Kier alpha value is -3.30. The molecule has 2 aromatic heterocycles. The Kier molecular flexibility index (Phi) is 8.66. The molecule has 0 spiro atoms. The smallest absolute Gasteiger partial charge is 0.340 e. The maximum Gasteiger partial charge on any atom is 0.340 e. The molecule has 0 aliphatic carbocycles. The highest BCUT2D eigenvalue weighted by atomic mass is 16.7. The van der Waals surface area contributed by atoms with Gasteiger partial charge in [-0.15, -0.1) is 0 Å². The molecule has 4 rings (SSSR count). The van der Waals surface area contributed by atoms with Gasteiger partial charge in [0.25, 0.3) is 0 Å². The van der Waals surface area contributed by atoms with Crippen molar-refractivity contribution in [2.24, 2.45) is 0 Å². The van der Waals surface area contributed by atoms with E-state index in [9.17, 15) is 61.5 Å². The van der Waals surface area contributed by atoms with Crippen LogP contribution in [0, 0.1) is 10.4 Å². The highest BCUT2D eigenvalue weighted by molar-refractivity contribution is 5.68. The minimum atomic E-state index is -1.88. The summed E-state index contributed by atoms with van der Waals surface area (Å²) in [5.74, 6) is -3.30. The van der Waals surface area contributed by atoms with Gasteiger partial charge in [0.05, 0.1) is 13.2 Å². The summed E-state index contributed by atoms with van der Waals surface area (Å²) in [6.07, 6.45) is -15.6. The first-order valence-electron chi connectivity index (χ1n) is 11.8. The summed E-state index contributed by atoms with van der Waals surface area (Å²) in [4.78, 5) is 0. The van der Waals surface area contributed by atoms with Gasteiger partial charge in [-0.3, -0.25) is 0 Å². The molecule has 0 bridgehead atoms. The maximum absolute atomic E-state index is 12.6. The lowest BCUT2D eigenvalue weighted by atomic mass is 9.99. The van der Waals surface area contributed by atoms with E-state index in [1.165, 1.54) is 0 Å². The van der Waals surface area contributed by atoms with E-state index in [0.717, 1.165) is 24.5 Å². The summed E-state index contributed by atoms with van der Waals surface area (Å²) in [5.41, 5.74) is -1.79. The summed E-state index contributed by atoms with van der Waals surface area (Å²) in [5, 5.41) is 126. The largest absolute Gasteiger partial charge is 0.618 e. The predicted molar refractivity (Wildman–Crippen MR) is 122 cm³/mol. The van der Waals surface area contributed by atoms with E-state index in [0.29, 0.717) is 0 Å². The van der Waals surface area contributed by atoms with Gasteiger partial charge in [0, 0.05) is 12.1 Å². The van der Waals surface area contributed by atoms with Gasteiger partial charge in [-0.05, 0) is 0 Å². The van der Waals surface area contributed by atoms with Crippen molar-refractivity contribution in [3.63, 3.8) is 0 Å². The Balaban J connectivity index is 1.67. The fourth-order valence-electron chi connectivity index (χ4n) is 4.22. The molecule has 2 aliphatic rings. The zero-order chi connectivity index (χ0) is 29.5. The van der Waals surface area contributed by atoms with Crippen LogP contribution in [0.1, 0.15) is 0 Å². The van der Waals surface area contributed by atoms with Crippen molar-refractivity contribution in [2.45, 2.75) is 61.4 Å². The van der Waals surface area contributed by atoms with Crippen molar-refractivity contribution in [2.75, 3.05) is 13.2 Å². The third-order valence-electron chi connectivity index (χ3n) is 6.49. The zero-order valence-electron chi connectivity index (χ0n) is 20.3. The van der Waals surface area contributed by atoms with Gasteiger partial charge in [-0.2, -0.15) is 9.46 Å². The van der Waals surface area contributed by atoms with Crippen molar-refractivity contribution in [1.82, 2.24) is 0 Å². The Morgan fingerprint density at radius 2 is 0.975 bits per heavy atom. The molecular weight excluding hydrogens is 548 g/mol. The van der Waals surface area contributed by atoms with Gasteiger partial charge in [0.15, 0.2) is 23.9 Å². The number of aliphatic hydroxyl groups excluding tert-OH is 8. The van der Waals surface area contributed by atoms with Gasteiger partial charge >= 0.3 is 11.4 Å². The molecule has 0 saturated carbocycles. The molecular formula is C22H28N2O16. The first kappa shape index (κ1) is 29.7. The molecule has 18 nitrogen and oxygen atoms in total. The number of ether oxygens (including phenoxy) is 4. The van der Waals surface area contributed by atoms with Crippen LogP contribution >= 0.6 is 0 Å². The third-order valence-corrected chi connectivity index (χ3v) is 6.49.